The van der Waals surface area contributed by atoms with Gasteiger partial charge in [-0.2, -0.15) is 0 Å². The Morgan fingerprint density at radius 1 is 1.18 bits per heavy atom. The van der Waals surface area contributed by atoms with Crippen LogP contribution < -0.4 is 0 Å². The average molecular weight is 542 g/mol. The van der Waals surface area contributed by atoms with E-state index < -0.39 is 28.7 Å². The minimum atomic E-state index is -0.870. The van der Waals surface area contributed by atoms with E-state index in [1.54, 1.807) is 30.1 Å². The first-order valence-electron chi connectivity index (χ1n) is 5.88. The molecule has 0 fully saturated rings. The molecule has 0 unspecified atom stereocenters. The summed E-state index contributed by atoms with van der Waals surface area (Å²) in [6.45, 7) is 7.07. The molecule has 1 aromatic rings. The van der Waals surface area contributed by atoms with E-state index in [0.717, 1.165) is 3.57 Å². The summed E-state index contributed by atoms with van der Waals surface area (Å²) in [5, 5.41) is 8.56. The molecule has 0 aromatic heterocycles. The minimum absolute atomic E-state index is 0.364. The van der Waals surface area contributed by atoms with Gasteiger partial charge in [0.25, 0.3) is 0 Å². The minimum Gasteiger partial charge on any atom is -0.478 e. The van der Waals surface area contributed by atoms with Crippen LogP contribution in [0.2, 0.25) is 11.9 Å². The normalized spacial score (nSPS) is 9.71. The standard InChI is InChI=1S/C7H5IO2.3C2H5.Pb/c8-6-4-2-1-3-5(6)7(9)10;3*1-2;/h1-4H,(H,9,10);3*1H2,2H3;. The first-order chi connectivity index (χ1) is 8.06. The number of carboxylic acids is 1. The van der Waals surface area contributed by atoms with Crippen LogP contribution in [0, 0.1) is 3.57 Å². The molecule has 0 atom stereocenters. The Hall–Kier alpha value is 0.342. The third-order valence-corrected chi connectivity index (χ3v) is 15.2. The van der Waals surface area contributed by atoms with Crippen LogP contribution in [0.25, 0.3) is 0 Å². The fourth-order valence-electron chi connectivity index (χ4n) is 1.38. The quantitative estimate of drug-likeness (QED) is 0.449. The van der Waals surface area contributed by atoms with E-state index in [-0.39, 0.29) is 0 Å². The molecule has 0 bridgehead atoms. The van der Waals surface area contributed by atoms with Gasteiger partial charge in [-0.05, 0) is 34.7 Å². The van der Waals surface area contributed by atoms with Crippen molar-refractivity contribution in [1.29, 1.82) is 0 Å². The van der Waals surface area contributed by atoms with E-state index in [1.807, 2.05) is 28.7 Å². The number of carboxylic acid groups (broad SMARTS) is 1. The van der Waals surface area contributed by atoms with Gasteiger partial charge in [0, 0.05) is 3.57 Å². The molecule has 0 heterocycles. The van der Waals surface area contributed by atoms with Crippen molar-refractivity contribution in [2.75, 3.05) is 0 Å². The van der Waals surface area contributed by atoms with Crippen LogP contribution in [0.5, 0.6) is 0 Å². The van der Waals surface area contributed by atoms with Gasteiger partial charge < -0.3 is 5.11 Å². The van der Waals surface area contributed by atoms with Gasteiger partial charge in [0.1, 0.15) is 0 Å². The molecule has 4 heteroatoms. The molecule has 0 amide bonds. The predicted octanol–water partition coefficient (Wildman–Crippen LogP) is 4.53. The molecule has 1 rings (SSSR count). The number of aromatic carboxylic acids is 1. The molecular weight excluding hydrogens is 522 g/mol. The van der Waals surface area contributed by atoms with Crippen molar-refractivity contribution in [3.05, 3.63) is 33.4 Å². The first-order valence-corrected chi connectivity index (χ1v) is 15.2. The van der Waals surface area contributed by atoms with Crippen molar-refractivity contribution in [3.63, 3.8) is 0 Å². The van der Waals surface area contributed by atoms with Gasteiger partial charge in [0.2, 0.25) is 0 Å². The molecule has 1 N–H and O–H groups in total. The molecule has 2 nitrogen and oxygen atoms in total. The summed E-state index contributed by atoms with van der Waals surface area (Å²) in [6.07, 6.45) is 0. The molecule has 0 saturated heterocycles. The summed E-state index contributed by atoms with van der Waals surface area (Å²) < 4.78 is 5.47. The van der Waals surface area contributed by atoms with Gasteiger partial charge in [0.05, 0.1) is 5.56 Å². The van der Waals surface area contributed by atoms with Crippen LogP contribution in [0.4, 0.5) is 0 Å². The topological polar surface area (TPSA) is 37.3 Å². The Labute approximate surface area is 126 Å². The average Bonchev–Trinajstić information content (AvgIpc) is 2.32. The largest absolute Gasteiger partial charge is 0.478 e. The molecule has 0 aliphatic heterocycles. The van der Waals surface area contributed by atoms with Gasteiger partial charge in [-0.25, -0.2) is 4.79 Å². The zero-order valence-corrected chi connectivity index (χ0v) is 16.7. The Kier molecular flexibility index (Phi) is 10.5. The summed E-state index contributed by atoms with van der Waals surface area (Å²) in [7, 11) is 0. The van der Waals surface area contributed by atoms with E-state index >= 15 is 0 Å². The Balaban J connectivity index is 0.000000325. The van der Waals surface area contributed by atoms with Crippen LogP contribution in [-0.4, -0.2) is 33.8 Å². The van der Waals surface area contributed by atoms with Crippen molar-refractivity contribution in [3.8, 4) is 0 Å². The second kappa shape index (κ2) is 10.3. The smallest absolute Gasteiger partial charge is 0.336 e. The van der Waals surface area contributed by atoms with Crippen LogP contribution in [0.15, 0.2) is 24.3 Å². The number of benzene rings is 1. The summed E-state index contributed by atoms with van der Waals surface area (Å²) >= 11 is 1.21. The second-order valence-corrected chi connectivity index (χ2v) is 18.8. The monoisotopic (exact) mass is 543 g/mol. The second-order valence-electron chi connectivity index (χ2n) is 3.60. The van der Waals surface area contributed by atoms with E-state index in [0.29, 0.717) is 5.56 Å². The molecule has 0 spiro atoms. The zero-order chi connectivity index (χ0) is 13.3. The van der Waals surface area contributed by atoms with Crippen molar-refractivity contribution >= 4 is 51.3 Å². The van der Waals surface area contributed by atoms with Crippen molar-refractivity contribution < 1.29 is 9.90 Å². The fraction of sp³-hybridized carbons (Fsp3) is 0.462. The molecule has 17 heavy (non-hydrogen) atoms. The van der Waals surface area contributed by atoms with Gasteiger partial charge in [-0.1, -0.05) is 12.1 Å². The number of halogens is 1. The van der Waals surface area contributed by atoms with Gasteiger partial charge in [-0.3, -0.25) is 0 Å². The SMILES string of the molecule is C[CH2][Pb]([CH2]C)[CH2]C.O=C(O)c1ccccc1I. The molecule has 0 aliphatic rings. The summed E-state index contributed by atoms with van der Waals surface area (Å²) in [5.41, 5.74) is 0.364. The van der Waals surface area contributed by atoms with E-state index in [9.17, 15) is 4.79 Å². The summed E-state index contributed by atoms with van der Waals surface area (Å²) in [4.78, 5) is 10.4. The van der Waals surface area contributed by atoms with Crippen molar-refractivity contribution in [1.82, 2.24) is 0 Å². The fourth-order valence-corrected chi connectivity index (χ4v) is 7.83. The van der Waals surface area contributed by atoms with Crippen LogP contribution in [0.1, 0.15) is 31.1 Å². The van der Waals surface area contributed by atoms with E-state index in [1.165, 1.54) is 0 Å². The van der Waals surface area contributed by atoms with E-state index in [4.69, 9.17) is 5.11 Å². The predicted molar refractivity (Wildman–Crippen MR) is 83.3 cm³/mol. The summed E-state index contributed by atoms with van der Waals surface area (Å²) in [6, 6.07) is 6.88. The maximum Gasteiger partial charge on any atom is 0.336 e. The third kappa shape index (κ3) is 7.38. The maximum absolute atomic E-state index is 10.4. The molecule has 0 saturated carbocycles. The van der Waals surface area contributed by atoms with Gasteiger partial charge in [0.15, 0.2) is 0 Å². The third-order valence-electron chi connectivity index (χ3n) is 2.60. The molecular formula is C13H20IO2Pb. The van der Waals surface area contributed by atoms with Gasteiger partial charge in [-0.15, -0.1) is 0 Å². The molecule has 1 radical (unpaired) electrons. The molecule has 1 aromatic carbocycles. The number of carbonyl (C=O) groups is 1. The number of hydrogen-bond acceptors (Lipinski definition) is 1. The number of rotatable bonds is 4. The van der Waals surface area contributed by atoms with Crippen LogP contribution >= 0.6 is 22.6 Å². The van der Waals surface area contributed by atoms with E-state index in [2.05, 4.69) is 20.8 Å². The van der Waals surface area contributed by atoms with Crippen molar-refractivity contribution in [2.24, 2.45) is 0 Å². The molecule has 0 aliphatic carbocycles. The maximum atomic E-state index is 10.4. The van der Waals surface area contributed by atoms with Crippen molar-refractivity contribution in [2.45, 2.75) is 32.7 Å². The van der Waals surface area contributed by atoms with Crippen LogP contribution in [0.3, 0.4) is 0 Å². The van der Waals surface area contributed by atoms with Gasteiger partial charge >= 0.3 is 61.4 Å². The first kappa shape index (κ1) is 17.3. The summed E-state index contributed by atoms with van der Waals surface area (Å²) in [5.74, 6) is -0.870. The molecule has 95 valence electrons. The Morgan fingerprint density at radius 2 is 1.65 bits per heavy atom. The Morgan fingerprint density at radius 3 is 1.88 bits per heavy atom. The zero-order valence-electron chi connectivity index (χ0n) is 10.7. The van der Waals surface area contributed by atoms with Crippen LogP contribution in [-0.2, 0) is 0 Å². The number of hydrogen-bond donors (Lipinski definition) is 1. The Bertz CT molecular complexity index is 332.